The van der Waals surface area contributed by atoms with Crippen molar-refractivity contribution in [2.24, 2.45) is 5.73 Å². The lowest BCUT2D eigenvalue weighted by atomic mass is 9.96. The molecule has 0 radical (unpaired) electrons. The maximum absolute atomic E-state index is 11.5. The van der Waals surface area contributed by atoms with Crippen LogP contribution in [0, 0.1) is 13.8 Å². The van der Waals surface area contributed by atoms with E-state index in [2.05, 4.69) is 24.8 Å². The molecule has 3 rings (SSSR count). The largest absolute Gasteiger partial charge is 0.457 e. The molecule has 0 saturated carbocycles. The molecule has 4 nitrogen and oxygen atoms in total. The molecule has 1 aromatic rings. The maximum atomic E-state index is 11.5. The summed E-state index contributed by atoms with van der Waals surface area (Å²) in [5.41, 5.74) is 10.3. The zero-order chi connectivity index (χ0) is 16.1. The topological polar surface area (TPSA) is 55.6 Å². The van der Waals surface area contributed by atoms with E-state index >= 15 is 0 Å². The lowest BCUT2D eigenvalue weighted by Crippen LogP contribution is -2.40. The van der Waals surface area contributed by atoms with E-state index in [1.807, 2.05) is 6.07 Å². The minimum absolute atomic E-state index is 0.181. The number of rotatable bonds is 3. The lowest BCUT2D eigenvalue weighted by molar-refractivity contribution is 0.0535. The highest BCUT2D eigenvalue weighted by Gasteiger charge is 2.24. The number of cyclic esters (lactones) is 1. The van der Waals surface area contributed by atoms with Crippen LogP contribution in [0.3, 0.4) is 0 Å². The summed E-state index contributed by atoms with van der Waals surface area (Å²) in [7, 11) is 0. The Morgan fingerprint density at radius 2 is 2.00 bits per heavy atom. The van der Waals surface area contributed by atoms with E-state index < -0.39 is 0 Å². The second-order valence-corrected chi connectivity index (χ2v) is 5.88. The molecular weight excluding hydrogens is 276 g/mol. The van der Waals surface area contributed by atoms with Crippen molar-refractivity contribution in [3.8, 4) is 0 Å². The van der Waals surface area contributed by atoms with Crippen molar-refractivity contribution in [3.05, 3.63) is 41.3 Å². The zero-order valence-corrected chi connectivity index (χ0v) is 13.7. The Labute approximate surface area is 133 Å². The number of carbonyl (C=O) groups excluding carboxylic acids is 1. The fraction of sp³-hybridized carbons (Fsp3) is 0.556. The van der Waals surface area contributed by atoms with Crippen molar-refractivity contribution in [1.29, 1.82) is 0 Å². The minimum Gasteiger partial charge on any atom is -0.457 e. The molecule has 2 N–H and O–H groups in total. The molecule has 0 bridgehead atoms. The van der Waals surface area contributed by atoms with E-state index in [-0.39, 0.29) is 5.97 Å². The molecule has 1 aromatic carbocycles. The molecule has 2 aliphatic rings. The van der Waals surface area contributed by atoms with Gasteiger partial charge in [0.15, 0.2) is 0 Å². The van der Waals surface area contributed by atoms with Crippen molar-refractivity contribution in [1.82, 2.24) is 4.90 Å². The Morgan fingerprint density at radius 3 is 2.68 bits per heavy atom. The Hall–Kier alpha value is -1.52. The van der Waals surface area contributed by atoms with Crippen LogP contribution >= 0.6 is 0 Å². The van der Waals surface area contributed by atoms with Crippen LogP contribution in [0.5, 0.6) is 0 Å². The van der Waals surface area contributed by atoms with Gasteiger partial charge in [0.2, 0.25) is 0 Å². The molecule has 0 amide bonds. The number of nitrogens with zero attached hydrogens (tertiary/aromatic N) is 1. The molecule has 1 fully saturated rings. The predicted octanol–water partition coefficient (Wildman–Crippen LogP) is 2.47. The molecule has 1 saturated heterocycles. The van der Waals surface area contributed by atoms with Crippen molar-refractivity contribution in [2.45, 2.75) is 45.8 Å². The third-order valence-corrected chi connectivity index (χ3v) is 4.61. The van der Waals surface area contributed by atoms with Gasteiger partial charge in [-0.05, 0) is 56.5 Å². The first-order chi connectivity index (χ1) is 10.6. The molecule has 2 aliphatic heterocycles. The number of hydrogen-bond acceptors (Lipinski definition) is 4. The molecule has 2 heterocycles. The second-order valence-electron chi connectivity index (χ2n) is 5.88. The third-order valence-electron chi connectivity index (χ3n) is 4.61. The van der Waals surface area contributed by atoms with Gasteiger partial charge in [-0.2, -0.15) is 0 Å². The molecule has 120 valence electrons. The highest BCUT2D eigenvalue weighted by atomic mass is 16.5. The standard InChI is InChI=1S/C16H22N2O2.C2H5/c1-11-12(2-3-14-15(11)10-20-16(14)19)4-7-18-8-5-13(17)6-9-18;1-2/h2-3,13H,4-10,17H2,1H3;1H2,2H3/q;+1. The van der Waals surface area contributed by atoms with Gasteiger partial charge in [-0.1, -0.05) is 6.07 Å². The summed E-state index contributed by atoms with van der Waals surface area (Å²) in [5.74, 6) is -0.181. The average Bonchev–Trinajstić information content (AvgIpc) is 2.92. The molecule has 22 heavy (non-hydrogen) atoms. The number of piperidine rings is 1. The highest BCUT2D eigenvalue weighted by Crippen LogP contribution is 2.26. The number of likely N-dealkylation sites (tertiary alicyclic amines) is 1. The molecular formula is C18H27N2O2+. The first-order valence-electron chi connectivity index (χ1n) is 8.12. The zero-order valence-electron chi connectivity index (χ0n) is 13.7. The van der Waals surface area contributed by atoms with Gasteiger partial charge in [0.25, 0.3) is 0 Å². The van der Waals surface area contributed by atoms with E-state index in [1.165, 1.54) is 11.1 Å². The van der Waals surface area contributed by atoms with Gasteiger partial charge in [0, 0.05) is 18.2 Å². The Morgan fingerprint density at radius 1 is 1.32 bits per heavy atom. The summed E-state index contributed by atoms with van der Waals surface area (Å²) in [6.45, 7) is 10.8. The Kier molecular flexibility index (Phi) is 5.86. The first kappa shape index (κ1) is 16.8. The van der Waals surface area contributed by atoms with Crippen LogP contribution in [-0.4, -0.2) is 36.5 Å². The van der Waals surface area contributed by atoms with Gasteiger partial charge >= 0.3 is 5.97 Å². The van der Waals surface area contributed by atoms with Gasteiger partial charge in [0.1, 0.15) is 6.61 Å². The van der Waals surface area contributed by atoms with Gasteiger partial charge in [-0.25, -0.2) is 4.79 Å². The van der Waals surface area contributed by atoms with Gasteiger partial charge in [-0.15, -0.1) is 0 Å². The van der Waals surface area contributed by atoms with Crippen LogP contribution < -0.4 is 5.73 Å². The van der Waals surface area contributed by atoms with Crippen molar-refractivity contribution >= 4 is 5.97 Å². The maximum Gasteiger partial charge on any atom is 0.338 e. The van der Waals surface area contributed by atoms with E-state index in [9.17, 15) is 4.79 Å². The molecule has 0 aliphatic carbocycles. The van der Waals surface area contributed by atoms with Crippen molar-refractivity contribution in [3.63, 3.8) is 0 Å². The predicted molar refractivity (Wildman–Crippen MR) is 88.7 cm³/mol. The number of fused-ring (bicyclic) bond motifs is 1. The molecule has 0 unspecified atom stereocenters. The quantitative estimate of drug-likeness (QED) is 0.688. The van der Waals surface area contributed by atoms with Crippen LogP contribution in [0.4, 0.5) is 0 Å². The molecule has 0 aromatic heterocycles. The van der Waals surface area contributed by atoms with Crippen LogP contribution in [-0.2, 0) is 17.8 Å². The number of carbonyl (C=O) groups is 1. The number of benzene rings is 1. The highest BCUT2D eigenvalue weighted by molar-refractivity contribution is 5.93. The normalized spacial score (nSPS) is 18.4. The third kappa shape index (κ3) is 3.62. The minimum atomic E-state index is -0.181. The number of hydrogen-bond donors (Lipinski definition) is 1. The summed E-state index contributed by atoms with van der Waals surface area (Å²) in [6.07, 6.45) is 3.24. The second kappa shape index (κ2) is 7.65. The smallest absolute Gasteiger partial charge is 0.338 e. The van der Waals surface area contributed by atoms with Crippen LogP contribution in [0.2, 0.25) is 0 Å². The lowest BCUT2D eigenvalue weighted by Gasteiger charge is -2.30. The Balaban J connectivity index is 0.000000847. The monoisotopic (exact) mass is 303 g/mol. The van der Waals surface area contributed by atoms with Crippen molar-refractivity contribution < 1.29 is 9.53 Å². The Bertz CT molecular complexity index is 520. The molecule has 0 atom stereocenters. The van der Waals surface area contributed by atoms with Crippen LogP contribution in [0.25, 0.3) is 0 Å². The van der Waals surface area contributed by atoms with E-state index in [1.54, 1.807) is 6.92 Å². The summed E-state index contributed by atoms with van der Waals surface area (Å²) >= 11 is 0. The summed E-state index contributed by atoms with van der Waals surface area (Å²) in [4.78, 5) is 14.0. The summed E-state index contributed by atoms with van der Waals surface area (Å²) in [6, 6.07) is 4.38. The van der Waals surface area contributed by atoms with Gasteiger partial charge in [-0.3, -0.25) is 0 Å². The van der Waals surface area contributed by atoms with Gasteiger partial charge < -0.3 is 15.4 Å². The van der Waals surface area contributed by atoms with E-state index in [4.69, 9.17) is 10.5 Å². The molecule has 4 heteroatoms. The molecule has 0 spiro atoms. The van der Waals surface area contributed by atoms with E-state index in [0.29, 0.717) is 12.6 Å². The van der Waals surface area contributed by atoms with Gasteiger partial charge in [0.05, 0.1) is 19.4 Å². The fourth-order valence-corrected chi connectivity index (χ4v) is 3.12. The fourth-order valence-electron chi connectivity index (χ4n) is 3.12. The van der Waals surface area contributed by atoms with Crippen LogP contribution in [0.15, 0.2) is 12.1 Å². The number of esters is 1. The van der Waals surface area contributed by atoms with E-state index in [0.717, 1.165) is 50.0 Å². The van der Waals surface area contributed by atoms with Crippen LogP contribution in [0.1, 0.15) is 46.8 Å². The first-order valence-corrected chi connectivity index (χ1v) is 8.12. The van der Waals surface area contributed by atoms with Crippen molar-refractivity contribution in [2.75, 3.05) is 19.6 Å². The SMILES string of the molecule is Cc1c(CCN2CCC(N)CC2)ccc2c1COC2=O.[CH2+]C. The number of ether oxygens (including phenoxy) is 1. The summed E-state index contributed by atoms with van der Waals surface area (Å²) < 4.78 is 5.10. The number of nitrogens with two attached hydrogens (primary N) is 1. The average molecular weight is 303 g/mol. The summed E-state index contributed by atoms with van der Waals surface area (Å²) in [5, 5.41) is 0.